The van der Waals surface area contributed by atoms with Crippen LogP contribution in [0.4, 0.5) is 4.79 Å². The fourth-order valence-electron chi connectivity index (χ4n) is 1.91. The van der Waals surface area contributed by atoms with Crippen LogP contribution < -0.4 is 15.8 Å². The Hall–Kier alpha value is -3.06. The zero-order valence-electron chi connectivity index (χ0n) is 13.0. The van der Waals surface area contributed by atoms with Crippen molar-refractivity contribution in [2.24, 2.45) is 5.73 Å². The van der Waals surface area contributed by atoms with E-state index in [-0.39, 0.29) is 17.9 Å². The normalized spacial score (nSPS) is 9.96. The van der Waals surface area contributed by atoms with Crippen molar-refractivity contribution >= 4 is 29.5 Å². The molecule has 0 saturated carbocycles. The number of nitrogens with one attached hydrogen (secondary N) is 1. The standard InChI is InChI=1S/C17H15ClN2O5/c18-13-7-3-1-5-11(13)9-24-14-8-4-2-6-12(14)16(22)25-10-15(21)20-17(19)23/h1-8H,9-10H2,(H3,19,20,21,23). The highest BCUT2D eigenvalue weighted by Gasteiger charge is 2.16. The number of para-hydroxylation sites is 1. The highest BCUT2D eigenvalue weighted by atomic mass is 35.5. The molecule has 8 heteroatoms. The molecule has 7 nitrogen and oxygen atoms in total. The number of imide groups is 1. The third-order valence-corrected chi connectivity index (χ3v) is 3.41. The molecular weight excluding hydrogens is 348 g/mol. The molecule has 0 atom stereocenters. The second-order valence-electron chi connectivity index (χ2n) is 4.86. The SMILES string of the molecule is NC(=O)NC(=O)COC(=O)c1ccccc1OCc1ccccc1Cl. The monoisotopic (exact) mass is 362 g/mol. The first-order chi connectivity index (χ1) is 12.0. The Bertz CT molecular complexity index is 794. The molecule has 130 valence electrons. The number of nitrogens with two attached hydrogens (primary N) is 1. The molecule has 0 aliphatic carbocycles. The van der Waals surface area contributed by atoms with Gasteiger partial charge in [-0.25, -0.2) is 9.59 Å². The molecule has 0 saturated heterocycles. The summed E-state index contributed by atoms with van der Waals surface area (Å²) in [5.74, 6) is -1.31. The second-order valence-corrected chi connectivity index (χ2v) is 5.27. The van der Waals surface area contributed by atoms with E-state index in [1.54, 1.807) is 41.7 Å². The van der Waals surface area contributed by atoms with Gasteiger partial charge < -0.3 is 15.2 Å². The minimum Gasteiger partial charge on any atom is -0.488 e. The maximum Gasteiger partial charge on any atom is 0.342 e. The molecule has 0 heterocycles. The minimum absolute atomic E-state index is 0.140. The highest BCUT2D eigenvalue weighted by molar-refractivity contribution is 6.31. The first-order valence-corrected chi connectivity index (χ1v) is 7.57. The number of primary amides is 1. The van der Waals surface area contributed by atoms with Crippen molar-refractivity contribution in [1.29, 1.82) is 0 Å². The third-order valence-electron chi connectivity index (χ3n) is 3.04. The fourth-order valence-corrected chi connectivity index (χ4v) is 2.10. The number of carbonyl (C=O) groups is 3. The smallest absolute Gasteiger partial charge is 0.342 e. The van der Waals surface area contributed by atoms with Crippen LogP contribution in [0.3, 0.4) is 0 Å². The Morgan fingerprint density at radius 2 is 1.72 bits per heavy atom. The van der Waals surface area contributed by atoms with E-state index in [1.807, 2.05) is 6.07 Å². The average molecular weight is 363 g/mol. The quantitative estimate of drug-likeness (QED) is 0.766. The summed E-state index contributed by atoms with van der Waals surface area (Å²) in [7, 11) is 0. The van der Waals surface area contributed by atoms with E-state index >= 15 is 0 Å². The lowest BCUT2D eigenvalue weighted by Gasteiger charge is -2.11. The number of halogens is 1. The zero-order valence-corrected chi connectivity index (χ0v) is 13.8. The van der Waals surface area contributed by atoms with Crippen LogP contribution in [-0.4, -0.2) is 24.5 Å². The van der Waals surface area contributed by atoms with Gasteiger partial charge in [0.25, 0.3) is 5.91 Å². The van der Waals surface area contributed by atoms with Gasteiger partial charge in [0, 0.05) is 10.6 Å². The Balaban J connectivity index is 2.02. The molecule has 0 aromatic heterocycles. The highest BCUT2D eigenvalue weighted by Crippen LogP contribution is 2.22. The van der Waals surface area contributed by atoms with Crippen molar-refractivity contribution in [3.05, 3.63) is 64.7 Å². The molecule has 3 amide bonds. The van der Waals surface area contributed by atoms with E-state index in [2.05, 4.69) is 0 Å². The predicted octanol–water partition coefficient (Wildman–Crippen LogP) is 2.27. The number of rotatable bonds is 6. The lowest BCUT2D eigenvalue weighted by atomic mass is 10.2. The summed E-state index contributed by atoms with van der Waals surface area (Å²) in [6.07, 6.45) is 0. The van der Waals surface area contributed by atoms with Crippen LogP contribution in [-0.2, 0) is 16.1 Å². The van der Waals surface area contributed by atoms with E-state index < -0.39 is 24.5 Å². The van der Waals surface area contributed by atoms with Crippen molar-refractivity contribution in [3.8, 4) is 5.75 Å². The number of urea groups is 1. The number of ether oxygens (including phenoxy) is 2. The molecule has 2 aromatic carbocycles. The van der Waals surface area contributed by atoms with Crippen LogP contribution in [0.25, 0.3) is 0 Å². The molecule has 0 fully saturated rings. The van der Waals surface area contributed by atoms with Gasteiger partial charge in [-0.3, -0.25) is 10.1 Å². The number of esters is 1. The molecule has 0 unspecified atom stereocenters. The summed E-state index contributed by atoms with van der Waals surface area (Å²) in [5.41, 5.74) is 5.70. The molecule has 2 aromatic rings. The largest absolute Gasteiger partial charge is 0.488 e. The second kappa shape index (κ2) is 8.70. The van der Waals surface area contributed by atoms with Gasteiger partial charge in [0.2, 0.25) is 0 Å². The molecule has 0 aliphatic heterocycles. The number of hydrogen-bond donors (Lipinski definition) is 2. The van der Waals surface area contributed by atoms with Crippen LogP contribution >= 0.6 is 11.6 Å². The van der Waals surface area contributed by atoms with Gasteiger partial charge in [0.05, 0.1) is 0 Å². The zero-order chi connectivity index (χ0) is 18.2. The van der Waals surface area contributed by atoms with Crippen LogP contribution in [0.15, 0.2) is 48.5 Å². The van der Waals surface area contributed by atoms with Gasteiger partial charge in [0.15, 0.2) is 6.61 Å². The summed E-state index contributed by atoms with van der Waals surface area (Å²) in [6, 6.07) is 12.5. The van der Waals surface area contributed by atoms with Gasteiger partial charge >= 0.3 is 12.0 Å². The summed E-state index contributed by atoms with van der Waals surface area (Å²) in [4.78, 5) is 33.9. The van der Waals surface area contributed by atoms with E-state index in [9.17, 15) is 14.4 Å². The molecule has 25 heavy (non-hydrogen) atoms. The lowest BCUT2D eigenvalue weighted by molar-refractivity contribution is -0.123. The molecule has 0 aliphatic rings. The number of benzene rings is 2. The van der Waals surface area contributed by atoms with Crippen molar-refractivity contribution in [2.75, 3.05) is 6.61 Å². The van der Waals surface area contributed by atoms with Gasteiger partial charge in [-0.05, 0) is 18.2 Å². The van der Waals surface area contributed by atoms with Gasteiger partial charge in [-0.1, -0.05) is 41.9 Å². The molecular formula is C17H15ClN2O5. The van der Waals surface area contributed by atoms with Crippen molar-refractivity contribution in [3.63, 3.8) is 0 Å². The van der Waals surface area contributed by atoms with Gasteiger partial charge in [-0.15, -0.1) is 0 Å². The Morgan fingerprint density at radius 1 is 1.04 bits per heavy atom. The summed E-state index contributed by atoms with van der Waals surface area (Å²) in [6.45, 7) is -0.479. The summed E-state index contributed by atoms with van der Waals surface area (Å²) >= 11 is 6.07. The Kier molecular flexibility index (Phi) is 6.36. The summed E-state index contributed by atoms with van der Waals surface area (Å²) in [5, 5.41) is 2.34. The summed E-state index contributed by atoms with van der Waals surface area (Å²) < 4.78 is 10.5. The first-order valence-electron chi connectivity index (χ1n) is 7.19. The van der Waals surface area contributed by atoms with Crippen molar-refractivity contribution in [1.82, 2.24) is 5.32 Å². The van der Waals surface area contributed by atoms with Crippen LogP contribution in [0.1, 0.15) is 15.9 Å². The lowest BCUT2D eigenvalue weighted by Crippen LogP contribution is -2.37. The topological polar surface area (TPSA) is 108 Å². The maximum atomic E-state index is 12.1. The number of hydrogen-bond acceptors (Lipinski definition) is 5. The van der Waals surface area contributed by atoms with E-state index in [0.29, 0.717) is 5.02 Å². The number of carbonyl (C=O) groups excluding carboxylic acids is 3. The average Bonchev–Trinajstić information content (AvgIpc) is 2.58. The van der Waals surface area contributed by atoms with Crippen LogP contribution in [0, 0.1) is 0 Å². The van der Waals surface area contributed by atoms with Gasteiger partial charge in [-0.2, -0.15) is 0 Å². The molecule has 0 bridgehead atoms. The van der Waals surface area contributed by atoms with Gasteiger partial charge in [0.1, 0.15) is 17.9 Å². The van der Waals surface area contributed by atoms with Crippen molar-refractivity contribution < 1.29 is 23.9 Å². The van der Waals surface area contributed by atoms with E-state index in [0.717, 1.165) is 5.56 Å². The Labute approximate surface area is 148 Å². The minimum atomic E-state index is -1.02. The molecule has 0 radical (unpaired) electrons. The third kappa shape index (κ3) is 5.50. The predicted molar refractivity (Wildman–Crippen MR) is 90.2 cm³/mol. The van der Waals surface area contributed by atoms with E-state index in [4.69, 9.17) is 26.8 Å². The number of amides is 3. The molecule has 2 rings (SSSR count). The molecule has 0 spiro atoms. The Morgan fingerprint density at radius 3 is 2.44 bits per heavy atom. The van der Waals surface area contributed by atoms with E-state index in [1.165, 1.54) is 6.07 Å². The first kappa shape index (κ1) is 18.3. The van der Waals surface area contributed by atoms with Crippen LogP contribution in [0.2, 0.25) is 5.02 Å². The maximum absolute atomic E-state index is 12.1. The molecule has 3 N–H and O–H groups in total. The van der Waals surface area contributed by atoms with Crippen molar-refractivity contribution in [2.45, 2.75) is 6.61 Å². The van der Waals surface area contributed by atoms with Crippen LogP contribution in [0.5, 0.6) is 5.75 Å². The fraction of sp³-hybridized carbons (Fsp3) is 0.118.